The summed E-state index contributed by atoms with van der Waals surface area (Å²) in [4.78, 5) is 0. The maximum Gasteiger partial charge on any atom is 0.400 e. The molecular formula is C30H33F7O3. The summed E-state index contributed by atoms with van der Waals surface area (Å²) in [6.45, 7) is 2.88. The fourth-order valence-electron chi connectivity index (χ4n) is 6.56. The molecule has 3 fully saturated rings. The largest absolute Gasteiger partial charge is 0.432 e. The third-order valence-corrected chi connectivity index (χ3v) is 8.74. The molecule has 0 unspecified atom stereocenters. The van der Waals surface area contributed by atoms with Crippen LogP contribution in [0.4, 0.5) is 30.7 Å². The number of rotatable bonds is 6. The number of hydrogen-bond acceptors (Lipinski definition) is 3. The highest BCUT2D eigenvalue weighted by molar-refractivity contribution is 5.30. The standard InChI is InChI=1S/C30H33F7O3/c1-16-14-38-29(39-15-16)20-10-23(31)27(24(32)11-20)19-4-2-17(3-5-19)18-6-8-21(9-7-18)30(36,37)40-22-12-25(33)28(35)26(34)13-22/h10-13,16-19,21,29H,2-9,14-15H2,1H3. The molecule has 0 amide bonds. The molecular weight excluding hydrogens is 541 g/mol. The minimum Gasteiger partial charge on any atom is -0.432 e. The van der Waals surface area contributed by atoms with Crippen molar-refractivity contribution >= 4 is 0 Å². The van der Waals surface area contributed by atoms with Gasteiger partial charge in [0.05, 0.1) is 19.1 Å². The van der Waals surface area contributed by atoms with E-state index in [0.717, 1.165) is 12.8 Å². The molecule has 0 radical (unpaired) electrons. The highest BCUT2D eigenvalue weighted by Gasteiger charge is 2.45. The monoisotopic (exact) mass is 574 g/mol. The van der Waals surface area contributed by atoms with Crippen molar-refractivity contribution in [3.05, 3.63) is 64.5 Å². The second kappa shape index (κ2) is 11.9. The lowest BCUT2D eigenvalue weighted by Crippen LogP contribution is -2.38. The summed E-state index contributed by atoms with van der Waals surface area (Å²) in [5, 5.41) is 0. The Morgan fingerprint density at radius 3 is 1.73 bits per heavy atom. The van der Waals surface area contributed by atoms with Crippen molar-refractivity contribution < 1.29 is 44.9 Å². The first-order valence-electron chi connectivity index (χ1n) is 13.9. The zero-order valence-electron chi connectivity index (χ0n) is 22.2. The van der Waals surface area contributed by atoms with E-state index >= 15 is 8.78 Å². The molecule has 1 saturated heterocycles. The van der Waals surface area contributed by atoms with Crippen molar-refractivity contribution in [3.8, 4) is 5.75 Å². The van der Waals surface area contributed by atoms with Crippen molar-refractivity contribution in [2.75, 3.05) is 13.2 Å². The number of alkyl halides is 2. The van der Waals surface area contributed by atoms with Crippen molar-refractivity contribution in [2.45, 2.75) is 76.6 Å². The number of halogens is 7. The van der Waals surface area contributed by atoms with Gasteiger partial charge in [-0.3, -0.25) is 0 Å². The van der Waals surface area contributed by atoms with Gasteiger partial charge in [0.25, 0.3) is 0 Å². The molecule has 0 N–H and O–H groups in total. The maximum atomic E-state index is 15.1. The van der Waals surface area contributed by atoms with Crippen molar-refractivity contribution in [1.82, 2.24) is 0 Å². The Balaban J connectivity index is 1.14. The second-order valence-corrected chi connectivity index (χ2v) is 11.6. The van der Waals surface area contributed by atoms with Gasteiger partial charge in [0, 0.05) is 29.2 Å². The van der Waals surface area contributed by atoms with Crippen LogP contribution in [-0.4, -0.2) is 19.3 Å². The molecule has 1 heterocycles. The van der Waals surface area contributed by atoms with E-state index in [1.165, 1.54) is 12.1 Å². The average Bonchev–Trinajstić information content (AvgIpc) is 2.92. The van der Waals surface area contributed by atoms with E-state index < -0.39 is 53.2 Å². The van der Waals surface area contributed by atoms with Gasteiger partial charge in [-0.1, -0.05) is 6.92 Å². The summed E-state index contributed by atoms with van der Waals surface area (Å²) in [6, 6.07) is 3.41. The Morgan fingerprint density at radius 2 is 1.20 bits per heavy atom. The summed E-state index contributed by atoms with van der Waals surface area (Å²) in [6.07, 6.45) is -0.354. The molecule has 3 nitrogen and oxygen atoms in total. The molecule has 2 saturated carbocycles. The lowest BCUT2D eigenvalue weighted by atomic mass is 9.68. The van der Waals surface area contributed by atoms with E-state index in [1.54, 1.807) is 0 Å². The summed E-state index contributed by atoms with van der Waals surface area (Å²) < 4.78 is 115. The summed E-state index contributed by atoms with van der Waals surface area (Å²) in [5.74, 6) is -7.61. The van der Waals surface area contributed by atoms with Crippen LogP contribution < -0.4 is 4.74 Å². The molecule has 10 heteroatoms. The topological polar surface area (TPSA) is 27.7 Å². The normalized spacial score (nSPS) is 29.8. The third-order valence-electron chi connectivity index (χ3n) is 8.74. The van der Waals surface area contributed by atoms with Crippen LogP contribution in [-0.2, 0) is 9.47 Å². The maximum absolute atomic E-state index is 15.1. The SMILES string of the molecule is CC1COC(c2cc(F)c(C3CCC(C4CCC(C(F)(F)Oc5cc(F)c(F)c(F)c5)CC4)CC3)c(F)c2)OC1. The molecule has 40 heavy (non-hydrogen) atoms. The predicted molar refractivity (Wildman–Crippen MR) is 132 cm³/mol. The number of hydrogen-bond donors (Lipinski definition) is 0. The van der Waals surface area contributed by atoms with Crippen LogP contribution in [0.1, 0.15) is 81.6 Å². The van der Waals surface area contributed by atoms with Gasteiger partial charge in [0.2, 0.25) is 0 Å². The van der Waals surface area contributed by atoms with Gasteiger partial charge in [-0.25, -0.2) is 22.0 Å². The van der Waals surface area contributed by atoms with Crippen LogP contribution >= 0.6 is 0 Å². The predicted octanol–water partition coefficient (Wildman–Crippen LogP) is 8.82. The molecule has 5 rings (SSSR count). The second-order valence-electron chi connectivity index (χ2n) is 11.6. The summed E-state index contributed by atoms with van der Waals surface area (Å²) in [7, 11) is 0. The van der Waals surface area contributed by atoms with E-state index in [9.17, 15) is 22.0 Å². The van der Waals surface area contributed by atoms with Gasteiger partial charge >= 0.3 is 6.11 Å². The quantitative estimate of drug-likeness (QED) is 0.255. The van der Waals surface area contributed by atoms with Crippen LogP contribution in [0.3, 0.4) is 0 Å². The molecule has 2 aliphatic carbocycles. The van der Waals surface area contributed by atoms with Crippen molar-refractivity contribution in [3.63, 3.8) is 0 Å². The molecule has 2 aromatic rings. The van der Waals surface area contributed by atoms with Gasteiger partial charge in [-0.2, -0.15) is 8.78 Å². The molecule has 1 aliphatic heterocycles. The first-order chi connectivity index (χ1) is 19.0. The van der Waals surface area contributed by atoms with Gasteiger partial charge < -0.3 is 14.2 Å². The highest BCUT2D eigenvalue weighted by atomic mass is 19.3. The Hall–Kier alpha value is -2.33. The van der Waals surface area contributed by atoms with Crippen molar-refractivity contribution in [1.29, 1.82) is 0 Å². The number of benzene rings is 2. The van der Waals surface area contributed by atoms with E-state index in [0.29, 0.717) is 56.6 Å². The Bertz CT molecular complexity index is 1140. The summed E-state index contributed by atoms with van der Waals surface area (Å²) in [5.41, 5.74) is 0.409. The highest BCUT2D eigenvalue weighted by Crippen LogP contribution is 2.47. The first kappa shape index (κ1) is 29.2. The minimum atomic E-state index is -3.66. The van der Waals surface area contributed by atoms with Crippen molar-refractivity contribution in [2.24, 2.45) is 23.7 Å². The average molecular weight is 575 g/mol. The zero-order chi connectivity index (χ0) is 28.6. The lowest BCUT2D eigenvalue weighted by molar-refractivity contribution is -0.224. The first-order valence-corrected chi connectivity index (χ1v) is 13.9. The Labute approximate surface area is 229 Å². The van der Waals surface area contributed by atoms with Gasteiger partial charge in [-0.15, -0.1) is 0 Å². The third kappa shape index (κ3) is 6.27. The van der Waals surface area contributed by atoms with E-state index in [1.807, 2.05) is 6.92 Å². The fraction of sp³-hybridized carbons (Fsp3) is 0.600. The Morgan fingerprint density at radius 1 is 0.700 bits per heavy atom. The minimum absolute atomic E-state index is 0.0838. The van der Waals surface area contributed by atoms with Gasteiger partial charge in [0.1, 0.15) is 17.4 Å². The van der Waals surface area contributed by atoms with Crippen LogP contribution in [0, 0.1) is 52.8 Å². The number of ether oxygens (including phenoxy) is 3. The molecule has 0 bridgehead atoms. The summed E-state index contributed by atoms with van der Waals surface area (Å²) >= 11 is 0. The molecule has 220 valence electrons. The van der Waals surface area contributed by atoms with E-state index in [2.05, 4.69) is 4.74 Å². The Kier molecular flexibility index (Phi) is 8.66. The van der Waals surface area contributed by atoms with Crippen LogP contribution in [0.25, 0.3) is 0 Å². The van der Waals surface area contributed by atoms with Gasteiger partial charge in [-0.05, 0) is 81.3 Å². The molecule has 3 aliphatic rings. The van der Waals surface area contributed by atoms with Gasteiger partial charge in [0.15, 0.2) is 23.7 Å². The molecule has 0 atom stereocenters. The van der Waals surface area contributed by atoms with E-state index in [4.69, 9.17) is 9.47 Å². The molecule has 0 aromatic heterocycles. The van der Waals surface area contributed by atoms with Crippen LogP contribution in [0.15, 0.2) is 24.3 Å². The van der Waals surface area contributed by atoms with Crippen LogP contribution in [0.2, 0.25) is 0 Å². The zero-order valence-corrected chi connectivity index (χ0v) is 22.2. The van der Waals surface area contributed by atoms with E-state index in [-0.39, 0.29) is 42.1 Å². The smallest absolute Gasteiger partial charge is 0.400 e. The fourth-order valence-corrected chi connectivity index (χ4v) is 6.56. The van der Waals surface area contributed by atoms with Crippen LogP contribution in [0.5, 0.6) is 5.75 Å². The lowest BCUT2D eigenvalue weighted by Gasteiger charge is -2.39. The molecule has 0 spiro atoms. The molecule has 2 aromatic carbocycles.